The molecule has 1 amide bonds. The average molecular weight is 573 g/mol. The molecule has 1 saturated carbocycles. The van der Waals surface area contributed by atoms with E-state index < -0.39 is 27.8 Å². The van der Waals surface area contributed by atoms with E-state index in [-0.39, 0.29) is 18.2 Å². The van der Waals surface area contributed by atoms with Crippen LogP contribution in [-0.4, -0.2) is 68.7 Å². The second-order valence-corrected chi connectivity index (χ2v) is 13.1. The molecular formula is C31H44N2O6S. The Balaban J connectivity index is 1.83. The largest absolute Gasteiger partial charge is 0.480 e. The highest BCUT2D eigenvalue weighted by atomic mass is 32.2. The van der Waals surface area contributed by atoms with Crippen LogP contribution < -0.4 is 10.6 Å². The first-order valence-electron chi connectivity index (χ1n) is 14.3. The molecule has 220 valence electrons. The van der Waals surface area contributed by atoms with Crippen LogP contribution in [-0.2, 0) is 25.8 Å². The molecule has 0 aliphatic heterocycles. The summed E-state index contributed by atoms with van der Waals surface area (Å²) in [5, 5.41) is 16.0. The van der Waals surface area contributed by atoms with Gasteiger partial charge in [0.2, 0.25) is 0 Å². The molecule has 3 rings (SSSR count). The number of amides is 1. The van der Waals surface area contributed by atoms with E-state index in [0.717, 1.165) is 41.4 Å². The summed E-state index contributed by atoms with van der Waals surface area (Å²) in [4.78, 5) is 25.1. The van der Waals surface area contributed by atoms with Crippen LogP contribution in [0.4, 0.5) is 0 Å². The molecule has 0 saturated heterocycles. The van der Waals surface area contributed by atoms with Crippen LogP contribution in [0.3, 0.4) is 0 Å². The minimum Gasteiger partial charge on any atom is -0.480 e. The van der Waals surface area contributed by atoms with Gasteiger partial charge in [0.25, 0.3) is 5.91 Å². The second-order valence-electron chi connectivity index (χ2n) is 10.9. The van der Waals surface area contributed by atoms with Gasteiger partial charge in [-0.15, -0.1) is 0 Å². The molecule has 2 aromatic carbocycles. The van der Waals surface area contributed by atoms with Gasteiger partial charge in [0.05, 0.1) is 12.4 Å². The lowest BCUT2D eigenvalue weighted by molar-refractivity contribution is -0.139. The third-order valence-corrected chi connectivity index (χ3v) is 8.50. The molecule has 3 N–H and O–H groups in total. The Labute approximate surface area is 238 Å². The molecule has 1 aliphatic carbocycles. The van der Waals surface area contributed by atoms with Crippen LogP contribution in [0.5, 0.6) is 0 Å². The van der Waals surface area contributed by atoms with Gasteiger partial charge in [-0.3, -0.25) is 4.79 Å². The van der Waals surface area contributed by atoms with Gasteiger partial charge >= 0.3 is 5.97 Å². The lowest BCUT2D eigenvalue weighted by Gasteiger charge is -2.28. The van der Waals surface area contributed by atoms with Crippen LogP contribution in [0.1, 0.15) is 73.4 Å². The molecule has 2 unspecified atom stereocenters. The smallest absolute Gasteiger partial charge is 0.326 e. The molecule has 2 atom stereocenters. The summed E-state index contributed by atoms with van der Waals surface area (Å²) in [6.07, 6.45) is 8.77. The molecule has 0 bridgehead atoms. The van der Waals surface area contributed by atoms with Crippen LogP contribution >= 0.6 is 0 Å². The zero-order chi connectivity index (χ0) is 29.1. The zero-order valence-corrected chi connectivity index (χ0v) is 24.8. The number of aliphatic carboxylic acids is 1. The third kappa shape index (κ3) is 10.0. The minimum atomic E-state index is -3.37. The Kier molecular flexibility index (Phi) is 12.2. The van der Waals surface area contributed by atoms with Crippen molar-refractivity contribution in [3.05, 3.63) is 59.2 Å². The number of hydrogen-bond acceptors (Lipinski definition) is 6. The number of carbonyl (C=O) groups is 2. The summed E-state index contributed by atoms with van der Waals surface area (Å²) in [5.41, 5.74) is 4.04. The lowest BCUT2D eigenvalue weighted by atomic mass is 9.91. The Bertz CT molecular complexity index is 1240. The van der Waals surface area contributed by atoms with Gasteiger partial charge in [0.1, 0.15) is 15.9 Å². The first-order valence-corrected chi connectivity index (χ1v) is 16.4. The average Bonchev–Trinajstić information content (AvgIpc) is 2.92. The number of rotatable bonds is 15. The SMILES string of the molecule is CCOCC(CCc1ccc(C(=O)NC(CCS(C)(=O)=O)C(=O)O)c(-c2ccccc2C)c1)NC1CCCCC1. The Morgan fingerprint density at radius 2 is 1.77 bits per heavy atom. The molecule has 0 spiro atoms. The predicted molar refractivity (Wildman–Crippen MR) is 158 cm³/mol. The fourth-order valence-electron chi connectivity index (χ4n) is 5.29. The molecular weight excluding hydrogens is 528 g/mol. The Morgan fingerprint density at radius 3 is 2.42 bits per heavy atom. The summed E-state index contributed by atoms with van der Waals surface area (Å²) in [5.74, 6) is -2.14. The highest BCUT2D eigenvalue weighted by Gasteiger charge is 2.25. The molecule has 0 aromatic heterocycles. The number of carbonyl (C=O) groups excluding carboxylic acids is 1. The van der Waals surface area contributed by atoms with Crippen molar-refractivity contribution in [2.45, 2.75) is 83.3 Å². The summed E-state index contributed by atoms with van der Waals surface area (Å²) < 4.78 is 29.0. The summed E-state index contributed by atoms with van der Waals surface area (Å²) in [6.45, 7) is 5.31. The summed E-state index contributed by atoms with van der Waals surface area (Å²) in [7, 11) is -3.37. The first-order chi connectivity index (χ1) is 19.1. The van der Waals surface area contributed by atoms with Crippen molar-refractivity contribution in [3.8, 4) is 11.1 Å². The van der Waals surface area contributed by atoms with Crippen molar-refractivity contribution in [3.63, 3.8) is 0 Å². The van der Waals surface area contributed by atoms with E-state index >= 15 is 0 Å². The van der Waals surface area contributed by atoms with Crippen molar-refractivity contribution in [1.29, 1.82) is 0 Å². The molecule has 9 heteroatoms. The van der Waals surface area contributed by atoms with Crippen molar-refractivity contribution < 1.29 is 27.9 Å². The van der Waals surface area contributed by atoms with E-state index in [4.69, 9.17) is 4.74 Å². The second kappa shape index (κ2) is 15.3. The van der Waals surface area contributed by atoms with Crippen LogP contribution in [0.2, 0.25) is 0 Å². The molecule has 0 heterocycles. The lowest BCUT2D eigenvalue weighted by Crippen LogP contribution is -2.42. The van der Waals surface area contributed by atoms with Crippen LogP contribution in [0.15, 0.2) is 42.5 Å². The highest BCUT2D eigenvalue weighted by molar-refractivity contribution is 7.90. The fourth-order valence-corrected chi connectivity index (χ4v) is 5.95. The molecule has 2 aromatic rings. The highest BCUT2D eigenvalue weighted by Crippen LogP contribution is 2.29. The maximum absolute atomic E-state index is 13.4. The van der Waals surface area contributed by atoms with E-state index in [1.54, 1.807) is 6.07 Å². The van der Waals surface area contributed by atoms with E-state index in [0.29, 0.717) is 24.8 Å². The van der Waals surface area contributed by atoms with E-state index in [2.05, 4.69) is 10.6 Å². The van der Waals surface area contributed by atoms with E-state index in [1.807, 2.05) is 50.2 Å². The number of ether oxygens (including phenoxy) is 1. The zero-order valence-electron chi connectivity index (χ0n) is 23.9. The van der Waals surface area contributed by atoms with Crippen LogP contribution in [0.25, 0.3) is 11.1 Å². The monoisotopic (exact) mass is 572 g/mol. The Morgan fingerprint density at radius 1 is 1.05 bits per heavy atom. The number of aryl methyl sites for hydroxylation is 2. The normalized spacial score (nSPS) is 15.9. The number of nitrogens with one attached hydrogen (secondary N) is 2. The summed E-state index contributed by atoms with van der Waals surface area (Å²) >= 11 is 0. The number of carboxylic acid groups (broad SMARTS) is 1. The van der Waals surface area contributed by atoms with Gasteiger partial charge in [-0.25, -0.2) is 13.2 Å². The maximum atomic E-state index is 13.4. The van der Waals surface area contributed by atoms with Gasteiger partial charge < -0.3 is 20.5 Å². The molecule has 40 heavy (non-hydrogen) atoms. The van der Waals surface area contributed by atoms with Crippen molar-refractivity contribution >= 4 is 21.7 Å². The number of sulfone groups is 1. The van der Waals surface area contributed by atoms with Gasteiger partial charge in [-0.1, -0.05) is 55.7 Å². The predicted octanol–water partition coefficient (Wildman–Crippen LogP) is 4.54. The van der Waals surface area contributed by atoms with Gasteiger partial charge in [-0.05, 0) is 74.3 Å². The third-order valence-electron chi connectivity index (χ3n) is 7.53. The first kappa shape index (κ1) is 31.8. The number of carboxylic acids is 1. The fraction of sp³-hybridized carbons (Fsp3) is 0.548. The van der Waals surface area contributed by atoms with Gasteiger partial charge in [-0.2, -0.15) is 0 Å². The minimum absolute atomic E-state index is 0.201. The molecule has 1 aliphatic rings. The maximum Gasteiger partial charge on any atom is 0.326 e. The van der Waals surface area contributed by atoms with Gasteiger partial charge in [0, 0.05) is 30.5 Å². The quantitative estimate of drug-likeness (QED) is 0.286. The molecule has 1 fully saturated rings. The van der Waals surface area contributed by atoms with Gasteiger partial charge in [0.15, 0.2) is 0 Å². The van der Waals surface area contributed by atoms with E-state index in [9.17, 15) is 23.1 Å². The Hall–Kier alpha value is -2.75. The van der Waals surface area contributed by atoms with E-state index in [1.165, 1.54) is 32.1 Å². The van der Waals surface area contributed by atoms with Crippen molar-refractivity contribution in [2.24, 2.45) is 0 Å². The van der Waals surface area contributed by atoms with Crippen LogP contribution in [0, 0.1) is 6.92 Å². The summed E-state index contributed by atoms with van der Waals surface area (Å²) in [6, 6.07) is 12.9. The molecule has 0 radical (unpaired) electrons. The standard InChI is InChI=1S/C31H44N2O6S/c1-4-39-21-25(32-24-11-6-5-7-12-24)16-14-23-15-17-27(28(20-23)26-13-9-8-10-22(26)2)30(34)33-29(31(35)36)18-19-40(3,37)38/h8-10,13,15,17,20,24-25,29,32H,4-7,11-12,14,16,18-19,21H2,1-3H3,(H,33,34)(H,35,36). The van der Waals surface area contributed by atoms with Crippen molar-refractivity contribution in [2.75, 3.05) is 25.2 Å². The molecule has 8 nitrogen and oxygen atoms in total. The topological polar surface area (TPSA) is 122 Å². The van der Waals surface area contributed by atoms with Crippen molar-refractivity contribution in [1.82, 2.24) is 10.6 Å². The number of hydrogen-bond donors (Lipinski definition) is 3. The number of benzene rings is 2.